The smallest absolute Gasteiger partial charge is 0.104 e. The minimum atomic E-state index is -0.640. The van der Waals surface area contributed by atoms with Gasteiger partial charge in [0.2, 0.25) is 0 Å². The number of hydrogen-bond acceptors (Lipinski definition) is 1. The highest BCUT2D eigenvalue weighted by Gasteiger charge is 2.12. The molecule has 2 aromatic carbocycles. The zero-order chi connectivity index (χ0) is 12.3. The van der Waals surface area contributed by atoms with Crippen molar-refractivity contribution < 1.29 is 5.11 Å². The maximum absolute atomic E-state index is 10.2. The van der Waals surface area contributed by atoms with Gasteiger partial charge in [0.1, 0.15) is 6.10 Å². The molecule has 0 aliphatic rings. The molecule has 0 aromatic heterocycles. The molecular weight excluding hydrogens is 208 g/mol. The highest BCUT2D eigenvalue weighted by molar-refractivity contribution is 5.68. The summed E-state index contributed by atoms with van der Waals surface area (Å²) in [6.45, 7) is 6.02. The topological polar surface area (TPSA) is 20.2 Å². The predicted molar refractivity (Wildman–Crippen MR) is 71.6 cm³/mol. The molecule has 0 aliphatic heterocycles. The van der Waals surface area contributed by atoms with Crippen molar-refractivity contribution in [1.29, 1.82) is 0 Å². The molecule has 0 heterocycles. The van der Waals surface area contributed by atoms with E-state index in [1.807, 2.05) is 61.5 Å². The largest absolute Gasteiger partial charge is 0.384 e. The summed E-state index contributed by atoms with van der Waals surface area (Å²) in [5.74, 6) is 0. The molecule has 0 bridgehead atoms. The Hall–Kier alpha value is -1.86. The van der Waals surface area contributed by atoms with Crippen molar-refractivity contribution in [3.8, 4) is 0 Å². The van der Waals surface area contributed by atoms with E-state index in [0.29, 0.717) is 0 Å². The van der Waals surface area contributed by atoms with Crippen molar-refractivity contribution in [2.75, 3.05) is 0 Å². The third kappa shape index (κ3) is 2.63. The molecule has 0 saturated heterocycles. The van der Waals surface area contributed by atoms with Gasteiger partial charge in [0.15, 0.2) is 0 Å². The van der Waals surface area contributed by atoms with Crippen LogP contribution in [0.4, 0.5) is 0 Å². The summed E-state index contributed by atoms with van der Waals surface area (Å²) < 4.78 is 0. The summed E-state index contributed by atoms with van der Waals surface area (Å²) in [5, 5.41) is 10.2. The molecule has 2 rings (SSSR count). The van der Waals surface area contributed by atoms with Crippen molar-refractivity contribution in [2.24, 2.45) is 0 Å². The van der Waals surface area contributed by atoms with Gasteiger partial charge in [-0.1, -0.05) is 66.7 Å². The molecule has 0 amide bonds. The molecule has 0 fully saturated rings. The Morgan fingerprint density at radius 2 is 1.59 bits per heavy atom. The molecule has 2 aromatic rings. The molecule has 1 N–H and O–H groups in total. The van der Waals surface area contributed by atoms with Gasteiger partial charge in [-0.05, 0) is 23.6 Å². The summed E-state index contributed by atoms with van der Waals surface area (Å²) in [7, 11) is 0. The maximum Gasteiger partial charge on any atom is 0.104 e. The molecule has 17 heavy (non-hydrogen) atoms. The fraction of sp³-hybridized carbons (Fsp3) is 0.125. The Morgan fingerprint density at radius 3 is 2.18 bits per heavy atom. The minimum absolute atomic E-state index is 0.640. The van der Waals surface area contributed by atoms with E-state index in [1.165, 1.54) is 5.56 Å². The van der Waals surface area contributed by atoms with Gasteiger partial charge in [0.25, 0.3) is 0 Å². The number of aliphatic hydroxyl groups excluding tert-OH is 1. The Morgan fingerprint density at radius 1 is 1.00 bits per heavy atom. The Bertz CT molecular complexity index is 497. The van der Waals surface area contributed by atoms with Crippen molar-refractivity contribution in [1.82, 2.24) is 0 Å². The first-order valence-electron chi connectivity index (χ1n) is 5.67. The van der Waals surface area contributed by atoms with Gasteiger partial charge in [0, 0.05) is 0 Å². The second-order valence-corrected chi connectivity index (χ2v) is 4.20. The van der Waals surface area contributed by atoms with Crippen LogP contribution < -0.4 is 0 Å². The van der Waals surface area contributed by atoms with Crippen LogP contribution >= 0.6 is 0 Å². The van der Waals surface area contributed by atoms with Crippen LogP contribution in [0.15, 0.2) is 61.2 Å². The Balaban J connectivity index is 2.23. The third-order valence-corrected chi connectivity index (χ3v) is 2.87. The van der Waals surface area contributed by atoms with Gasteiger partial charge in [0.05, 0.1) is 0 Å². The van der Waals surface area contributed by atoms with Gasteiger partial charge in [-0.3, -0.25) is 0 Å². The molecule has 1 unspecified atom stereocenters. The lowest BCUT2D eigenvalue weighted by Gasteiger charge is -2.14. The first-order valence-corrected chi connectivity index (χ1v) is 5.67. The van der Waals surface area contributed by atoms with Crippen LogP contribution in [0.1, 0.15) is 22.8 Å². The zero-order valence-corrected chi connectivity index (χ0v) is 9.93. The van der Waals surface area contributed by atoms with Crippen LogP contribution in [0, 0.1) is 6.92 Å². The number of rotatable bonds is 3. The van der Waals surface area contributed by atoms with Gasteiger partial charge < -0.3 is 5.11 Å². The fourth-order valence-electron chi connectivity index (χ4n) is 1.76. The van der Waals surface area contributed by atoms with E-state index >= 15 is 0 Å². The molecule has 1 nitrogen and oxygen atoms in total. The Kier molecular flexibility index (Phi) is 3.40. The van der Waals surface area contributed by atoms with Crippen LogP contribution in [-0.4, -0.2) is 5.11 Å². The summed E-state index contributed by atoms with van der Waals surface area (Å²) >= 11 is 0. The lowest BCUT2D eigenvalue weighted by Crippen LogP contribution is -1.99. The van der Waals surface area contributed by atoms with Crippen LogP contribution in [0.5, 0.6) is 0 Å². The summed E-state index contributed by atoms with van der Waals surface area (Å²) in [5.41, 5.74) is 3.79. The number of aryl methyl sites for hydroxylation is 1. The zero-order valence-electron chi connectivity index (χ0n) is 9.93. The summed E-state index contributed by atoms with van der Waals surface area (Å²) in [6.07, 6.45) is -0.640. The maximum atomic E-state index is 10.2. The average molecular weight is 224 g/mol. The second kappa shape index (κ2) is 4.98. The monoisotopic (exact) mass is 224 g/mol. The highest BCUT2D eigenvalue weighted by atomic mass is 16.3. The van der Waals surface area contributed by atoms with Crippen molar-refractivity contribution >= 4 is 5.57 Å². The summed E-state index contributed by atoms with van der Waals surface area (Å²) in [4.78, 5) is 0. The Labute approximate surface area is 102 Å². The lowest BCUT2D eigenvalue weighted by molar-refractivity contribution is 0.238. The van der Waals surface area contributed by atoms with Crippen LogP contribution in [0.3, 0.4) is 0 Å². The van der Waals surface area contributed by atoms with Gasteiger partial charge in [-0.2, -0.15) is 0 Å². The van der Waals surface area contributed by atoms with E-state index in [-0.39, 0.29) is 0 Å². The molecule has 0 radical (unpaired) electrons. The van der Waals surface area contributed by atoms with Crippen LogP contribution in [0.25, 0.3) is 5.57 Å². The number of hydrogen-bond donors (Lipinski definition) is 1. The van der Waals surface area contributed by atoms with Crippen LogP contribution in [-0.2, 0) is 0 Å². The normalized spacial score (nSPS) is 12.1. The molecule has 1 atom stereocenters. The lowest BCUT2D eigenvalue weighted by atomic mass is 9.96. The molecule has 1 heteroatoms. The third-order valence-electron chi connectivity index (χ3n) is 2.87. The first kappa shape index (κ1) is 11.6. The van der Waals surface area contributed by atoms with Crippen LogP contribution in [0.2, 0.25) is 0 Å². The van der Waals surface area contributed by atoms with Gasteiger partial charge in [-0.25, -0.2) is 0 Å². The van der Waals surface area contributed by atoms with E-state index in [1.54, 1.807) is 0 Å². The van der Waals surface area contributed by atoms with Gasteiger partial charge >= 0.3 is 0 Å². The van der Waals surface area contributed by atoms with E-state index < -0.39 is 6.10 Å². The average Bonchev–Trinajstić information content (AvgIpc) is 2.39. The van der Waals surface area contributed by atoms with Crippen molar-refractivity contribution in [2.45, 2.75) is 13.0 Å². The molecular formula is C16H16O. The van der Waals surface area contributed by atoms with E-state index in [0.717, 1.165) is 16.7 Å². The molecule has 86 valence electrons. The first-order chi connectivity index (χ1) is 8.18. The van der Waals surface area contributed by atoms with Crippen molar-refractivity contribution in [3.05, 3.63) is 77.9 Å². The standard InChI is InChI=1S/C16H16O/c1-12-8-10-14(11-9-12)13(2)16(17)15-6-4-3-5-7-15/h3-11,16-17H,2H2,1H3. The molecule has 0 spiro atoms. The second-order valence-electron chi connectivity index (χ2n) is 4.20. The van der Waals surface area contributed by atoms with E-state index in [2.05, 4.69) is 6.58 Å². The molecule has 0 saturated carbocycles. The minimum Gasteiger partial charge on any atom is -0.384 e. The fourth-order valence-corrected chi connectivity index (χ4v) is 1.76. The van der Waals surface area contributed by atoms with Gasteiger partial charge in [-0.15, -0.1) is 0 Å². The van der Waals surface area contributed by atoms with E-state index in [4.69, 9.17) is 0 Å². The number of aliphatic hydroxyl groups is 1. The SMILES string of the molecule is C=C(c1ccc(C)cc1)C(O)c1ccccc1. The number of benzene rings is 2. The predicted octanol–water partition coefficient (Wildman–Crippen LogP) is 3.74. The van der Waals surface area contributed by atoms with E-state index in [9.17, 15) is 5.11 Å². The summed E-state index contributed by atoms with van der Waals surface area (Å²) in [6, 6.07) is 17.6. The molecule has 0 aliphatic carbocycles. The highest BCUT2D eigenvalue weighted by Crippen LogP contribution is 2.28. The quantitative estimate of drug-likeness (QED) is 0.842. The van der Waals surface area contributed by atoms with Crippen molar-refractivity contribution in [3.63, 3.8) is 0 Å².